The van der Waals surface area contributed by atoms with Gasteiger partial charge in [0.1, 0.15) is 0 Å². The fourth-order valence-electron chi connectivity index (χ4n) is 3.94. The molecule has 31 heavy (non-hydrogen) atoms. The zero-order valence-electron chi connectivity index (χ0n) is 19.0. The molecule has 8 heteroatoms. The maximum Gasteiger partial charge on any atom is 0.261 e. The second-order valence-corrected chi connectivity index (χ2v) is 8.04. The molecule has 0 saturated carbocycles. The van der Waals surface area contributed by atoms with Gasteiger partial charge in [-0.2, -0.15) is 5.10 Å². The Kier molecular flexibility index (Phi) is 7.09. The van der Waals surface area contributed by atoms with Gasteiger partial charge in [0.15, 0.2) is 5.96 Å². The van der Waals surface area contributed by atoms with Gasteiger partial charge in [-0.05, 0) is 57.7 Å². The average molecular weight is 425 g/mol. The number of carbonyl (C=O) groups is 2. The van der Waals surface area contributed by atoms with Crippen LogP contribution in [0, 0.1) is 13.8 Å². The number of benzene rings is 1. The summed E-state index contributed by atoms with van der Waals surface area (Å²) in [6.45, 7) is 7.39. The highest BCUT2D eigenvalue weighted by Crippen LogP contribution is 2.22. The van der Waals surface area contributed by atoms with E-state index >= 15 is 0 Å². The molecule has 1 aromatic heterocycles. The van der Waals surface area contributed by atoms with Crippen LogP contribution in [0.15, 0.2) is 29.3 Å². The van der Waals surface area contributed by atoms with Gasteiger partial charge in [-0.25, -0.2) is 0 Å². The molecule has 2 N–H and O–H groups in total. The Hall–Kier alpha value is -3.16. The van der Waals surface area contributed by atoms with Crippen molar-refractivity contribution in [3.8, 4) is 0 Å². The molecule has 0 radical (unpaired) electrons. The normalized spacial score (nSPS) is 14.7. The highest BCUT2D eigenvalue weighted by atomic mass is 16.2. The zero-order chi connectivity index (χ0) is 22.5. The third kappa shape index (κ3) is 4.95. The lowest BCUT2D eigenvalue weighted by Gasteiger charge is -2.18. The maximum absolute atomic E-state index is 12.4. The van der Waals surface area contributed by atoms with Crippen molar-refractivity contribution in [2.75, 3.05) is 20.1 Å². The van der Waals surface area contributed by atoms with Crippen LogP contribution in [-0.2, 0) is 13.5 Å². The zero-order valence-corrected chi connectivity index (χ0v) is 19.0. The average Bonchev–Trinajstić information content (AvgIpc) is 3.14. The summed E-state index contributed by atoms with van der Waals surface area (Å²) in [5.41, 5.74) is 4.51. The lowest BCUT2D eigenvalue weighted by atomic mass is 10.1. The van der Waals surface area contributed by atoms with Crippen molar-refractivity contribution in [3.63, 3.8) is 0 Å². The van der Waals surface area contributed by atoms with Gasteiger partial charge in [0, 0.05) is 38.9 Å². The van der Waals surface area contributed by atoms with E-state index in [-0.39, 0.29) is 17.9 Å². The number of nitrogens with one attached hydrogen (secondary N) is 2. The Morgan fingerprint density at radius 3 is 2.32 bits per heavy atom. The number of fused-ring (bicyclic) bond motifs is 1. The SMILES string of the molecule is CN=C(NCCCCN1C(=O)c2ccccc2C1=O)NC(C)Cc1c(C)nn(C)c1C. The van der Waals surface area contributed by atoms with E-state index in [1.807, 2.05) is 18.7 Å². The third-order valence-electron chi connectivity index (χ3n) is 5.76. The molecule has 1 aliphatic heterocycles. The molecule has 0 saturated heterocycles. The molecule has 8 nitrogen and oxygen atoms in total. The third-order valence-corrected chi connectivity index (χ3v) is 5.76. The Balaban J connectivity index is 1.41. The molecule has 3 rings (SSSR count). The van der Waals surface area contributed by atoms with Crippen LogP contribution in [0.5, 0.6) is 0 Å². The minimum Gasteiger partial charge on any atom is -0.356 e. The summed E-state index contributed by atoms with van der Waals surface area (Å²) in [4.78, 5) is 30.4. The quantitative estimate of drug-likeness (QED) is 0.293. The van der Waals surface area contributed by atoms with Crippen molar-refractivity contribution >= 4 is 17.8 Å². The van der Waals surface area contributed by atoms with Gasteiger partial charge in [0.25, 0.3) is 11.8 Å². The van der Waals surface area contributed by atoms with Gasteiger partial charge in [-0.15, -0.1) is 0 Å². The number of aryl methyl sites for hydroxylation is 2. The second kappa shape index (κ2) is 9.76. The standard InChI is InChI=1S/C23H32N6O2/c1-15(14-20-16(2)27-28(5)17(20)3)26-23(24-4)25-12-8-9-13-29-21(30)18-10-6-7-11-19(18)22(29)31/h6-7,10-11,15H,8-9,12-14H2,1-5H3,(H2,24,25,26). The number of hydrogen-bond donors (Lipinski definition) is 2. The molecule has 0 spiro atoms. The molecule has 2 amide bonds. The summed E-state index contributed by atoms with van der Waals surface area (Å²) >= 11 is 0. The monoisotopic (exact) mass is 424 g/mol. The van der Waals surface area contributed by atoms with E-state index in [0.717, 1.165) is 30.9 Å². The Labute approximate surface area is 183 Å². The minimum absolute atomic E-state index is 0.194. The van der Waals surface area contributed by atoms with Crippen molar-refractivity contribution in [2.24, 2.45) is 12.0 Å². The van der Waals surface area contributed by atoms with E-state index in [9.17, 15) is 9.59 Å². The lowest BCUT2D eigenvalue weighted by Crippen LogP contribution is -2.43. The number of amides is 2. The Morgan fingerprint density at radius 2 is 1.77 bits per heavy atom. The molecule has 1 unspecified atom stereocenters. The molecular weight excluding hydrogens is 392 g/mol. The highest BCUT2D eigenvalue weighted by molar-refractivity contribution is 6.21. The van der Waals surface area contributed by atoms with Crippen molar-refractivity contribution in [3.05, 3.63) is 52.3 Å². The predicted molar refractivity (Wildman–Crippen MR) is 121 cm³/mol. The molecule has 0 bridgehead atoms. The highest BCUT2D eigenvalue weighted by Gasteiger charge is 2.34. The van der Waals surface area contributed by atoms with Crippen LogP contribution in [0.3, 0.4) is 0 Å². The van der Waals surface area contributed by atoms with Gasteiger partial charge in [0.2, 0.25) is 0 Å². The minimum atomic E-state index is -0.194. The number of carbonyl (C=O) groups excluding carboxylic acids is 2. The molecule has 166 valence electrons. The summed E-state index contributed by atoms with van der Waals surface area (Å²) in [5, 5.41) is 11.2. The first-order valence-corrected chi connectivity index (χ1v) is 10.7. The molecule has 1 aromatic carbocycles. The summed E-state index contributed by atoms with van der Waals surface area (Å²) < 4.78 is 1.92. The fourth-order valence-corrected chi connectivity index (χ4v) is 3.94. The number of guanidine groups is 1. The first-order chi connectivity index (χ1) is 14.8. The number of rotatable bonds is 8. The fraction of sp³-hybridized carbons (Fsp3) is 0.478. The smallest absolute Gasteiger partial charge is 0.261 e. The van der Waals surface area contributed by atoms with Crippen molar-refractivity contribution < 1.29 is 9.59 Å². The van der Waals surface area contributed by atoms with Gasteiger partial charge < -0.3 is 10.6 Å². The number of hydrogen-bond acceptors (Lipinski definition) is 4. The first-order valence-electron chi connectivity index (χ1n) is 10.7. The van der Waals surface area contributed by atoms with Crippen LogP contribution in [0.1, 0.15) is 57.4 Å². The second-order valence-electron chi connectivity index (χ2n) is 8.04. The Morgan fingerprint density at radius 1 is 1.13 bits per heavy atom. The largest absolute Gasteiger partial charge is 0.356 e. The van der Waals surface area contributed by atoms with Gasteiger partial charge >= 0.3 is 0 Å². The summed E-state index contributed by atoms with van der Waals surface area (Å²) in [5.74, 6) is 0.356. The molecule has 2 aromatic rings. The van der Waals surface area contributed by atoms with E-state index in [1.165, 1.54) is 16.2 Å². The van der Waals surface area contributed by atoms with Gasteiger partial charge in [-0.1, -0.05) is 12.1 Å². The molecule has 0 fully saturated rings. The van der Waals surface area contributed by atoms with E-state index < -0.39 is 0 Å². The topological polar surface area (TPSA) is 91.6 Å². The summed E-state index contributed by atoms with van der Waals surface area (Å²) in [6.07, 6.45) is 2.42. The number of imide groups is 1. The van der Waals surface area contributed by atoms with Crippen LogP contribution in [0.25, 0.3) is 0 Å². The predicted octanol–water partition coefficient (Wildman–Crippen LogP) is 2.21. The number of nitrogens with zero attached hydrogens (tertiary/aromatic N) is 4. The van der Waals surface area contributed by atoms with Crippen molar-refractivity contribution in [2.45, 2.75) is 46.1 Å². The van der Waals surface area contributed by atoms with E-state index in [0.29, 0.717) is 24.2 Å². The van der Waals surface area contributed by atoms with Gasteiger partial charge in [0.05, 0.1) is 16.8 Å². The summed E-state index contributed by atoms with van der Waals surface area (Å²) in [6, 6.07) is 7.19. The van der Waals surface area contributed by atoms with E-state index in [2.05, 4.69) is 34.6 Å². The number of aromatic nitrogens is 2. The van der Waals surface area contributed by atoms with E-state index in [1.54, 1.807) is 31.3 Å². The molecular formula is C23H32N6O2. The molecule has 0 aliphatic carbocycles. The van der Waals surface area contributed by atoms with Crippen molar-refractivity contribution in [1.82, 2.24) is 25.3 Å². The lowest BCUT2D eigenvalue weighted by molar-refractivity contribution is 0.0652. The Bertz CT molecular complexity index is 959. The van der Waals surface area contributed by atoms with Crippen LogP contribution in [0.2, 0.25) is 0 Å². The number of aliphatic imine (C=N–C) groups is 1. The molecule has 2 heterocycles. The maximum atomic E-state index is 12.4. The first kappa shape index (κ1) is 22.5. The van der Waals surface area contributed by atoms with Gasteiger partial charge in [-0.3, -0.25) is 24.2 Å². The van der Waals surface area contributed by atoms with Crippen LogP contribution in [0.4, 0.5) is 0 Å². The van der Waals surface area contributed by atoms with Crippen LogP contribution >= 0.6 is 0 Å². The van der Waals surface area contributed by atoms with Crippen molar-refractivity contribution in [1.29, 1.82) is 0 Å². The molecule has 1 aliphatic rings. The molecule has 1 atom stereocenters. The van der Waals surface area contributed by atoms with E-state index in [4.69, 9.17) is 0 Å². The summed E-state index contributed by atoms with van der Waals surface area (Å²) in [7, 11) is 3.72. The van der Waals surface area contributed by atoms with Crippen LogP contribution in [-0.4, -0.2) is 58.6 Å². The number of unbranched alkanes of at least 4 members (excludes halogenated alkanes) is 1. The van der Waals surface area contributed by atoms with Crippen LogP contribution < -0.4 is 10.6 Å².